The van der Waals surface area contributed by atoms with Crippen molar-refractivity contribution in [2.45, 2.75) is 5.60 Å². The van der Waals surface area contributed by atoms with Gasteiger partial charge in [-0.1, -0.05) is 66.8 Å². The van der Waals surface area contributed by atoms with E-state index in [0.29, 0.717) is 11.3 Å². The number of para-hydroxylation sites is 1. The van der Waals surface area contributed by atoms with Crippen LogP contribution in [-0.2, 0) is 4.79 Å². The molecule has 0 radical (unpaired) electrons. The molecule has 24 heavy (non-hydrogen) atoms. The average Bonchev–Trinajstić information content (AvgIpc) is 2.63. The number of aliphatic hydroxyl groups is 1. The summed E-state index contributed by atoms with van der Waals surface area (Å²) in [6, 6.07) is 16.9. The Morgan fingerprint density at radius 2 is 1.54 bits per heavy atom. The van der Waals surface area contributed by atoms with Crippen LogP contribution in [0.4, 0.5) is 0 Å². The van der Waals surface area contributed by atoms with E-state index in [2.05, 4.69) is 0 Å². The number of carbonyl (C=O) groups excluding carboxylic acids is 2. The van der Waals surface area contributed by atoms with Crippen LogP contribution in [-0.4, -0.2) is 22.5 Å². The zero-order valence-electron chi connectivity index (χ0n) is 12.8. The lowest BCUT2D eigenvalue weighted by Gasteiger charge is -2.30. The van der Waals surface area contributed by atoms with E-state index in [-0.39, 0.29) is 0 Å². The van der Waals surface area contributed by atoms with Gasteiger partial charge < -0.3 is 9.84 Å². The summed E-state index contributed by atoms with van der Waals surface area (Å²) in [4.78, 5) is 25.2. The first-order chi connectivity index (χ1) is 11.6. The van der Waals surface area contributed by atoms with Gasteiger partial charge in [-0.2, -0.15) is 0 Å². The van der Waals surface area contributed by atoms with E-state index >= 15 is 0 Å². The Balaban J connectivity index is 1.88. The molecular weight excluding hydrogens is 304 g/mol. The molecule has 0 aromatic heterocycles. The fourth-order valence-corrected chi connectivity index (χ4v) is 2.59. The first-order valence-electron chi connectivity index (χ1n) is 7.56. The molecule has 1 N–H and O–H groups in total. The number of ketones is 1. The molecule has 2 atom stereocenters. The number of rotatable bonds is 4. The van der Waals surface area contributed by atoms with Crippen LogP contribution in [0.5, 0.6) is 5.75 Å². The third-order valence-electron chi connectivity index (χ3n) is 3.85. The molecule has 120 valence electrons. The summed E-state index contributed by atoms with van der Waals surface area (Å²) < 4.78 is 5.30. The molecule has 0 amide bonds. The number of hydrogen-bond acceptors (Lipinski definition) is 4. The number of esters is 1. The summed E-state index contributed by atoms with van der Waals surface area (Å²) in [5, 5.41) is 10.9. The molecule has 1 aliphatic rings. The van der Waals surface area contributed by atoms with Gasteiger partial charge in [0.1, 0.15) is 11.7 Å². The van der Waals surface area contributed by atoms with Crippen LogP contribution < -0.4 is 4.74 Å². The van der Waals surface area contributed by atoms with Gasteiger partial charge in [0.2, 0.25) is 0 Å². The highest BCUT2D eigenvalue weighted by atomic mass is 16.5. The molecule has 0 spiro atoms. The van der Waals surface area contributed by atoms with Crippen LogP contribution in [0.25, 0.3) is 0 Å². The van der Waals surface area contributed by atoms with Gasteiger partial charge in [-0.25, -0.2) is 0 Å². The van der Waals surface area contributed by atoms with Crippen LogP contribution in [0.1, 0.15) is 10.4 Å². The normalized spacial score (nSPS) is 22.1. The van der Waals surface area contributed by atoms with Gasteiger partial charge in [-0.3, -0.25) is 9.59 Å². The first-order valence-corrected chi connectivity index (χ1v) is 7.56. The lowest BCUT2D eigenvalue weighted by Crippen LogP contribution is -2.49. The molecule has 4 heteroatoms. The molecule has 0 saturated carbocycles. The van der Waals surface area contributed by atoms with E-state index in [1.54, 1.807) is 72.8 Å². The summed E-state index contributed by atoms with van der Waals surface area (Å²) in [6.45, 7) is 0. The van der Waals surface area contributed by atoms with Crippen LogP contribution in [0.3, 0.4) is 0 Å². The van der Waals surface area contributed by atoms with Crippen molar-refractivity contribution < 1.29 is 19.4 Å². The Morgan fingerprint density at radius 3 is 2.21 bits per heavy atom. The first kappa shape index (κ1) is 15.9. The second-order valence-electron chi connectivity index (χ2n) is 5.48. The maximum atomic E-state index is 12.7. The molecule has 0 heterocycles. The van der Waals surface area contributed by atoms with Crippen molar-refractivity contribution in [2.24, 2.45) is 5.92 Å². The van der Waals surface area contributed by atoms with Crippen LogP contribution in [0, 0.1) is 5.92 Å². The van der Waals surface area contributed by atoms with Crippen molar-refractivity contribution in [2.75, 3.05) is 0 Å². The maximum Gasteiger partial charge on any atom is 0.321 e. The van der Waals surface area contributed by atoms with E-state index in [4.69, 9.17) is 4.74 Å². The number of allylic oxidation sites excluding steroid dienone is 2. The van der Waals surface area contributed by atoms with E-state index in [0.717, 1.165) is 0 Å². The predicted molar refractivity (Wildman–Crippen MR) is 89.6 cm³/mol. The number of Topliss-reactive ketones (excluding diaryl/α,β-unsaturated/α-hetero) is 1. The van der Waals surface area contributed by atoms with Crippen LogP contribution in [0.15, 0.2) is 85.0 Å². The van der Waals surface area contributed by atoms with Crippen molar-refractivity contribution in [3.8, 4) is 5.75 Å². The maximum absolute atomic E-state index is 12.7. The lowest BCUT2D eigenvalue weighted by molar-refractivity contribution is -0.141. The minimum absolute atomic E-state index is 0.331. The molecular formula is C20H16O4. The highest BCUT2D eigenvalue weighted by Gasteiger charge is 2.46. The van der Waals surface area contributed by atoms with E-state index in [1.807, 2.05) is 0 Å². The van der Waals surface area contributed by atoms with Gasteiger partial charge in [0.05, 0.1) is 0 Å². The third-order valence-corrected chi connectivity index (χ3v) is 3.85. The topological polar surface area (TPSA) is 63.6 Å². The molecule has 0 aliphatic heterocycles. The molecule has 0 bridgehead atoms. The summed E-state index contributed by atoms with van der Waals surface area (Å²) in [5.41, 5.74) is -1.64. The Hall–Kier alpha value is -2.98. The zero-order valence-corrected chi connectivity index (χ0v) is 12.8. The SMILES string of the molecule is O=C(Oc1ccccc1)C1C=CC=CC1(O)C(=O)c1ccccc1. The lowest BCUT2D eigenvalue weighted by atomic mass is 9.78. The van der Waals surface area contributed by atoms with Crippen molar-refractivity contribution in [3.63, 3.8) is 0 Å². The Kier molecular flexibility index (Phi) is 4.40. The summed E-state index contributed by atoms with van der Waals surface area (Å²) in [6.07, 6.45) is 5.97. The largest absolute Gasteiger partial charge is 0.426 e. The van der Waals surface area contributed by atoms with Gasteiger partial charge in [0.15, 0.2) is 11.4 Å². The molecule has 4 nitrogen and oxygen atoms in total. The van der Waals surface area contributed by atoms with Crippen LogP contribution >= 0.6 is 0 Å². The van der Waals surface area contributed by atoms with Gasteiger partial charge in [-0.15, -0.1) is 0 Å². The van der Waals surface area contributed by atoms with Gasteiger partial charge in [-0.05, 0) is 18.2 Å². The van der Waals surface area contributed by atoms with Gasteiger partial charge in [0.25, 0.3) is 0 Å². The van der Waals surface area contributed by atoms with Crippen LogP contribution in [0.2, 0.25) is 0 Å². The Bertz CT molecular complexity index is 793. The summed E-state index contributed by atoms with van der Waals surface area (Å²) in [5.74, 6) is -1.98. The predicted octanol–water partition coefficient (Wildman–Crippen LogP) is 2.95. The van der Waals surface area contributed by atoms with Crippen molar-refractivity contribution in [1.82, 2.24) is 0 Å². The molecule has 0 saturated heterocycles. The number of benzene rings is 2. The number of ether oxygens (including phenoxy) is 1. The molecule has 1 aliphatic carbocycles. The highest BCUT2D eigenvalue weighted by molar-refractivity contribution is 6.07. The summed E-state index contributed by atoms with van der Waals surface area (Å²) >= 11 is 0. The standard InChI is InChI=1S/C20H16O4/c21-18(15-9-3-1-4-10-15)20(23)14-8-7-13-17(20)19(22)24-16-11-5-2-6-12-16/h1-14,17,23H. The molecule has 2 aromatic rings. The minimum atomic E-state index is -1.97. The Morgan fingerprint density at radius 1 is 0.917 bits per heavy atom. The quantitative estimate of drug-likeness (QED) is 0.534. The van der Waals surface area contributed by atoms with Crippen molar-refractivity contribution in [3.05, 3.63) is 90.5 Å². The fourth-order valence-electron chi connectivity index (χ4n) is 2.59. The van der Waals surface area contributed by atoms with Gasteiger partial charge >= 0.3 is 5.97 Å². The zero-order chi connectivity index (χ0) is 17.0. The second-order valence-corrected chi connectivity index (χ2v) is 5.48. The van der Waals surface area contributed by atoms with Gasteiger partial charge in [0, 0.05) is 5.56 Å². The summed E-state index contributed by atoms with van der Waals surface area (Å²) in [7, 11) is 0. The average molecular weight is 320 g/mol. The monoisotopic (exact) mass is 320 g/mol. The second kappa shape index (κ2) is 6.64. The van der Waals surface area contributed by atoms with E-state index < -0.39 is 23.3 Å². The molecule has 2 unspecified atom stereocenters. The minimum Gasteiger partial charge on any atom is -0.426 e. The molecule has 0 fully saturated rings. The smallest absolute Gasteiger partial charge is 0.321 e. The van der Waals surface area contributed by atoms with Crippen molar-refractivity contribution in [1.29, 1.82) is 0 Å². The molecule has 3 rings (SSSR count). The van der Waals surface area contributed by atoms with E-state index in [1.165, 1.54) is 12.2 Å². The fraction of sp³-hybridized carbons (Fsp3) is 0.100. The number of carbonyl (C=O) groups is 2. The third kappa shape index (κ3) is 3.05. The number of hydrogen-bond donors (Lipinski definition) is 1. The Labute approximate surface area is 139 Å². The highest BCUT2D eigenvalue weighted by Crippen LogP contribution is 2.30. The van der Waals surface area contributed by atoms with E-state index in [9.17, 15) is 14.7 Å². The van der Waals surface area contributed by atoms with Crippen molar-refractivity contribution >= 4 is 11.8 Å². The molecule has 2 aromatic carbocycles.